The molecule has 0 radical (unpaired) electrons. The van der Waals surface area contributed by atoms with Gasteiger partial charge in [-0.15, -0.1) is 0 Å². The van der Waals surface area contributed by atoms with E-state index in [1.807, 2.05) is 6.08 Å². The minimum atomic E-state index is -0.866. The van der Waals surface area contributed by atoms with Crippen molar-refractivity contribution in [1.29, 1.82) is 0 Å². The van der Waals surface area contributed by atoms with E-state index in [0.717, 1.165) is 64.2 Å². The predicted octanol–water partition coefficient (Wildman–Crippen LogP) is 19.9. The highest BCUT2D eigenvalue weighted by atomic mass is 16.3. The molecule has 0 rings (SSSR count). The Labute approximate surface area is 424 Å². The van der Waals surface area contributed by atoms with Gasteiger partial charge in [-0.1, -0.05) is 298 Å². The number of nitrogens with one attached hydrogen (secondary N) is 1. The first-order valence-corrected chi connectivity index (χ1v) is 29.8. The Kier molecular flexibility index (Phi) is 56.8. The molecule has 0 aromatic heterocycles. The SMILES string of the molecule is CC/C=C\C/C=C\C/C=C\C/C=C\C/C=C\CCCCCCCCCCCCCCCCCCCC(=O)NC(CO)C(O)/C=C/CC/C=C/CCCCCCCCCCCCCCCCCCC. The molecule has 0 aromatic carbocycles. The van der Waals surface area contributed by atoms with E-state index in [1.54, 1.807) is 6.08 Å². The Hall–Kier alpha value is -2.43. The molecule has 0 saturated heterocycles. The minimum absolute atomic E-state index is 0.0724. The zero-order chi connectivity index (χ0) is 49.2. The molecule has 0 fully saturated rings. The first-order chi connectivity index (χ1) is 33.7. The topological polar surface area (TPSA) is 69.6 Å². The maximum absolute atomic E-state index is 12.5. The Morgan fingerprint density at radius 1 is 0.368 bits per heavy atom. The van der Waals surface area contributed by atoms with E-state index in [-0.39, 0.29) is 12.5 Å². The molecule has 2 atom stereocenters. The molecule has 4 nitrogen and oxygen atoms in total. The number of aliphatic hydroxyl groups is 2. The maximum Gasteiger partial charge on any atom is 0.220 e. The van der Waals surface area contributed by atoms with Gasteiger partial charge in [-0.2, -0.15) is 0 Å². The van der Waals surface area contributed by atoms with Crippen molar-refractivity contribution in [3.63, 3.8) is 0 Å². The first-order valence-electron chi connectivity index (χ1n) is 29.8. The molecule has 0 aliphatic rings. The first kappa shape index (κ1) is 65.6. The van der Waals surface area contributed by atoms with Crippen molar-refractivity contribution in [2.75, 3.05) is 6.61 Å². The predicted molar refractivity (Wildman–Crippen MR) is 303 cm³/mol. The highest BCUT2D eigenvalue weighted by molar-refractivity contribution is 5.76. The minimum Gasteiger partial charge on any atom is -0.394 e. The number of hydrogen-bond donors (Lipinski definition) is 3. The van der Waals surface area contributed by atoms with E-state index in [0.29, 0.717) is 6.42 Å². The molecule has 68 heavy (non-hydrogen) atoms. The summed E-state index contributed by atoms with van der Waals surface area (Å²) in [6, 6.07) is -0.643. The lowest BCUT2D eigenvalue weighted by Crippen LogP contribution is -2.45. The zero-order valence-corrected chi connectivity index (χ0v) is 45.4. The molecule has 0 heterocycles. The lowest BCUT2D eigenvalue weighted by atomic mass is 10.0. The van der Waals surface area contributed by atoms with E-state index in [4.69, 9.17) is 0 Å². The summed E-state index contributed by atoms with van der Waals surface area (Å²) in [5, 5.41) is 23.2. The molecule has 0 bridgehead atoms. The monoisotopic (exact) mass is 946 g/mol. The number of allylic oxidation sites excluding steroid dienone is 13. The normalized spacial score (nSPS) is 13.4. The van der Waals surface area contributed by atoms with E-state index in [1.165, 1.54) is 212 Å². The van der Waals surface area contributed by atoms with Crippen LogP contribution in [0.1, 0.15) is 296 Å². The molecular formula is C64H115NO3. The number of carbonyl (C=O) groups is 1. The van der Waals surface area contributed by atoms with Crippen LogP contribution in [-0.2, 0) is 4.79 Å². The highest BCUT2D eigenvalue weighted by Crippen LogP contribution is 2.17. The van der Waals surface area contributed by atoms with Crippen LogP contribution in [0.3, 0.4) is 0 Å². The Morgan fingerprint density at radius 2 is 0.662 bits per heavy atom. The second-order valence-corrected chi connectivity index (χ2v) is 20.0. The number of amides is 1. The third kappa shape index (κ3) is 54.5. The van der Waals surface area contributed by atoms with Crippen LogP contribution in [0, 0.1) is 0 Å². The van der Waals surface area contributed by atoms with Crippen molar-refractivity contribution >= 4 is 5.91 Å². The molecule has 3 N–H and O–H groups in total. The Balaban J connectivity index is 3.52. The van der Waals surface area contributed by atoms with Gasteiger partial charge < -0.3 is 15.5 Å². The molecule has 0 aliphatic heterocycles. The summed E-state index contributed by atoms with van der Waals surface area (Å²) in [5.74, 6) is -0.0724. The standard InChI is InChI=1S/C64H115NO3/c1-3-5-7-9-11-13-15-17-19-21-23-25-27-28-29-30-31-32-33-34-35-36-38-40-42-44-46-48-50-52-54-56-58-60-64(68)65-62(61-66)63(67)59-57-55-53-51-49-47-45-43-41-39-37-26-24-22-20-18-16-14-12-10-8-6-4-2/h5,7,11,13,17,19,23,25,28-29,49,51,57,59,62-63,66-67H,3-4,6,8-10,12,14-16,18,20-22,24,26-27,30-48,50,52-56,58,60-61H2,1-2H3,(H,65,68)/b7-5-,13-11-,19-17-,25-23-,29-28-,51-49+,59-57+. The van der Waals surface area contributed by atoms with Crippen LogP contribution < -0.4 is 5.32 Å². The van der Waals surface area contributed by atoms with Crippen LogP contribution in [0.15, 0.2) is 85.1 Å². The fourth-order valence-corrected chi connectivity index (χ4v) is 8.87. The average molecular weight is 947 g/mol. The third-order valence-corrected chi connectivity index (χ3v) is 13.4. The molecule has 1 amide bonds. The molecule has 0 saturated carbocycles. The smallest absolute Gasteiger partial charge is 0.220 e. The summed E-state index contributed by atoms with van der Waals surface area (Å²) in [7, 11) is 0. The summed E-state index contributed by atoms with van der Waals surface area (Å²) >= 11 is 0. The fourth-order valence-electron chi connectivity index (χ4n) is 8.87. The van der Waals surface area contributed by atoms with Crippen LogP contribution in [0.5, 0.6) is 0 Å². The highest BCUT2D eigenvalue weighted by Gasteiger charge is 2.18. The van der Waals surface area contributed by atoms with Crippen LogP contribution in [0.4, 0.5) is 0 Å². The van der Waals surface area contributed by atoms with Gasteiger partial charge in [0.2, 0.25) is 5.91 Å². The summed E-state index contributed by atoms with van der Waals surface area (Å²) in [6.07, 6.45) is 86.2. The second kappa shape index (κ2) is 58.9. The average Bonchev–Trinajstić information content (AvgIpc) is 3.34. The number of unbranched alkanes of at least 4 members (excludes halogenated alkanes) is 35. The lowest BCUT2D eigenvalue weighted by molar-refractivity contribution is -0.123. The second-order valence-electron chi connectivity index (χ2n) is 20.0. The van der Waals surface area contributed by atoms with Crippen molar-refractivity contribution in [3.05, 3.63) is 85.1 Å². The Morgan fingerprint density at radius 3 is 1.03 bits per heavy atom. The quantitative estimate of drug-likeness (QED) is 0.0420. The van der Waals surface area contributed by atoms with Crippen LogP contribution in [0.25, 0.3) is 0 Å². The Bertz CT molecular complexity index is 1210. The van der Waals surface area contributed by atoms with E-state index in [2.05, 4.69) is 92.1 Å². The van der Waals surface area contributed by atoms with Gasteiger partial charge in [0.1, 0.15) is 0 Å². The van der Waals surface area contributed by atoms with Gasteiger partial charge in [-0.05, 0) is 77.0 Å². The lowest BCUT2D eigenvalue weighted by Gasteiger charge is -2.19. The molecule has 2 unspecified atom stereocenters. The van der Waals surface area contributed by atoms with E-state index >= 15 is 0 Å². The van der Waals surface area contributed by atoms with Crippen molar-refractivity contribution in [2.45, 2.75) is 309 Å². The largest absolute Gasteiger partial charge is 0.394 e. The zero-order valence-electron chi connectivity index (χ0n) is 45.4. The van der Waals surface area contributed by atoms with Gasteiger partial charge in [-0.3, -0.25) is 4.79 Å². The summed E-state index contributed by atoms with van der Waals surface area (Å²) in [4.78, 5) is 12.5. The molecule has 0 aromatic rings. The summed E-state index contributed by atoms with van der Waals surface area (Å²) in [5.41, 5.74) is 0. The summed E-state index contributed by atoms with van der Waals surface area (Å²) in [6.45, 7) is 4.21. The molecule has 4 heteroatoms. The molecular weight excluding hydrogens is 831 g/mol. The maximum atomic E-state index is 12.5. The number of hydrogen-bond acceptors (Lipinski definition) is 3. The fraction of sp³-hybridized carbons (Fsp3) is 0.766. The van der Waals surface area contributed by atoms with Gasteiger partial charge in [0.15, 0.2) is 0 Å². The van der Waals surface area contributed by atoms with Crippen molar-refractivity contribution in [2.24, 2.45) is 0 Å². The number of aliphatic hydroxyl groups excluding tert-OH is 2. The molecule has 0 aliphatic carbocycles. The van der Waals surface area contributed by atoms with Gasteiger partial charge in [0, 0.05) is 6.42 Å². The van der Waals surface area contributed by atoms with Crippen molar-refractivity contribution in [1.82, 2.24) is 5.32 Å². The van der Waals surface area contributed by atoms with Crippen LogP contribution in [-0.4, -0.2) is 34.9 Å². The van der Waals surface area contributed by atoms with E-state index < -0.39 is 12.1 Å². The molecule has 0 spiro atoms. The summed E-state index contributed by atoms with van der Waals surface area (Å²) < 4.78 is 0. The van der Waals surface area contributed by atoms with Gasteiger partial charge in [-0.25, -0.2) is 0 Å². The number of carbonyl (C=O) groups excluding carboxylic acids is 1. The van der Waals surface area contributed by atoms with E-state index in [9.17, 15) is 15.0 Å². The van der Waals surface area contributed by atoms with Crippen molar-refractivity contribution in [3.8, 4) is 0 Å². The van der Waals surface area contributed by atoms with Crippen LogP contribution in [0.2, 0.25) is 0 Å². The van der Waals surface area contributed by atoms with Crippen molar-refractivity contribution < 1.29 is 15.0 Å². The number of rotatable bonds is 54. The third-order valence-electron chi connectivity index (χ3n) is 13.4. The van der Waals surface area contributed by atoms with Crippen LogP contribution >= 0.6 is 0 Å². The van der Waals surface area contributed by atoms with Gasteiger partial charge in [0.25, 0.3) is 0 Å². The van der Waals surface area contributed by atoms with Gasteiger partial charge in [0.05, 0.1) is 18.8 Å². The molecule has 394 valence electrons. The van der Waals surface area contributed by atoms with Gasteiger partial charge >= 0.3 is 0 Å².